The van der Waals surface area contributed by atoms with E-state index >= 15 is 0 Å². The van der Waals surface area contributed by atoms with E-state index in [9.17, 15) is 4.79 Å². The van der Waals surface area contributed by atoms with Crippen LogP contribution >= 0.6 is 0 Å². The molecule has 4 saturated carbocycles. The first-order valence-electron chi connectivity index (χ1n) is 9.09. The van der Waals surface area contributed by atoms with Crippen molar-refractivity contribution in [3.63, 3.8) is 0 Å². The molecule has 1 N–H and O–H groups in total. The second-order valence-corrected chi connectivity index (χ2v) is 7.88. The minimum atomic E-state index is -0.0825. The molecule has 0 radical (unpaired) electrons. The SMILES string of the molecule is COc1ccccc1C#CCNC(=O)C12CC3CC(CC(C3)C1)C2. The van der Waals surface area contributed by atoms with Gasteiger partial charge in [0.1, 0.15) is 5.75 Å². The van der Waals surface area contributed by atoms with Crippen LogP contribution in [0, 0.1) is 35.0 Å². The molecule has 0 aliphatic heterocycles. The highest BCUT2D eigenvalue weighted by atomic mass is 16.5. The summed E-state index contributed by atoms with van der Waals surface area (Å²) in [6, 6.07) is 7.71. The van der Waals surface area contributed by atoms with Crippen molar-refractivity contribution < 1.29 is 9.53 Å². The zero-order chi connectivity index (χ0) is 16.6. The molecule has 24 heavy (non-hydrogen) atoms. The van der Waals surface area contributed by atoms with Crippen LogP contribution < -0.4 is 10.1 Å². The van der Waals surface area contributed by atoms with Crippen LogP contribution in [0.3, 0.4) is 0 Å². The first-order valence-corrected chi connectivity index (χ1v) is 9.09. The van der Waals surface area contributed by atoms with Gasteiger partial charge in [0.25, 0.3) is 0 Å². The quantitative estimate of drug-likeness (QED) is 0.866. The van der Waals surface area contributed by atoms with Crippen molar-refractivity contribution in [2.75, 3.05) is 13.7 Å². The number of para-hydroxylation sites is 1. The van der Waals surface area contributed by atoms with Gasteiger partial charge in [0, 0.05) is 5.41 Å². The molecule has 1 amide bonds. The van der Waals surface area contributed by atoms with Gasteiger partial charge in [0.2, 0.25) is 5.91 Å². The number of carbonyl (C=O) groups is 1. The fourth-order valence-electron chi connectivity index (χ4n) is 5.59. The van der Waals surface area contributed by atoms with Gasteiger partial charge in [-0.3, -0.25) is 4.79 Å². The second kappa shape index (κ2) is 6.16. The highest BCUT2D eigenvalue weighted by Gasteiger charge is 2.54. The van der Waals surface area contributed by atoms with Crippen molar-refractivity contribution in [2.24, 2.45) is 23.2 Å². The molecule has 126 valence electrons. The number of methoxy groups -OCH3 is 1. The van der Waals surface area contributed by atoms with Gasteiger partial charge in [0.05, 0.1) is 19.2 Å². The molecule has 0 spiro atoms. The Morgan fingerprint density at radius 3 is 2.42 bits per heavy atom. The first kappa shape index (κ1) is 15.6. The summed E-state index contributed by atoms with van der Waals surface area (Å²) in [6.07, 6.45) is 7.39. The molecule has 0 aromatic heterocycles. The third kappa shape index (κ3) is 2.79. The molecule has 0 saturated heterocycles. The minimum Gasteiger partial charge on any atom is -0.495 e. The summed E-state index contributed by atoms with van der Waals surface area (Å²) in [6.45, 7) is 0.415. The van der Waals surface area contributed by atoms with Gasteiger partial charge in [-0.05, 0) is 68.4 Å². The number of carbonyl (C=O) groups excluding carboxylic acids is 1. The van der Waals surface area contributed by atoms with Crippen LogP contribution in [0.1, 0.15) is 44.1 Å². The molecule has 5 rings (SSSR count). The second-order valence-electron chi connectivity index (χ2n) is 7.88. The maximum atomic E-state index is 12.8. The summed E-state index contributed by atoms with van der Waals surface area (Å²) >= 11 is 0. The lowest BCUT2D eigenvalue weighted by Crippen LogP contribution is -2.53. The van der Waals surface area contributed by atoms with Gasteiger partial charge in [-0.25, -0.2) is 0 Å². The van der Waals surface area contributed by atoms with E-state index in [2.05, 4.69) is 17.2 Å². The summed E-state index contributed by atoms with van der Waals surface area (Å²) in [5.74, 6) is 9.58. The lowest BCUT2D eigenvalue weighted by molar-refractivity contribution is -0.145. The van der Waals surface area contributed by atoms with Gasteiger partial charge in [-0.2, -0.15) is 0 Å². The average Bonchev–Trinajstić information content (AvgIpc) is 2.57. The van der Waals surface area contributed by atoms with E-state index in [1.165, 1.54) is 19.3 Å². The number of hydrogen-bond donors (Lipinski definition) is 1. The normalized spacial score (nSPS) is 32.8. The zero-order valence-electron chi connectivity index (χ0n) is 14.3. The Bertz CT molecular complexity index is 662. The summed E-state index contributed by atoms with van der Waals surface area (Å²) in [7, 11) is 1.65. The van der Waals surface area contributed by atoms with E-state index in [0.717, 1.165) is 48.3 Å². The number of nitrogens with one attached hydrogen (secondary N) is 1. The van der Waals surface area contributed by atoms with Crippen molar-refractivity contribution >= 4 is 5.91 Å². The Morgan fingerprint density at radius 1 is 1.17 bits per heavy atom. The molecule has 1 aromatic carbocycles. The Balaban J connectivity index is 1.39. The van der Waals surface area contributed by atoms with E-state index in [-0.39, 0.29) is 11.3 Å². The van der Waals surface area contributed by atoms with Gasteiger partial charge in [-0.1, -0.05) is 24.0 Å². The molecule has 4 fully saturated rings. The largest absolute Gasteiger partial charge is 0.495 e. The minimum absolute atomic E-state index is 0.0825. The summed E-state index contributed by atoms with van der Waals surface area (Å²) < 4.78 is 5.30. The number of ether oxygens (including phenoxy) is 1. The van der Waals surface area contributed by atoms with Crippen molar-refractivity contribution in [3.05, 3.63) is 29.8 Å². The Morgan fingerprint density at radius 2 is 1.79 bits per heavy atom. The number of rotatable bonds is 3. The Kier molecular flexibility index (Phi) is 4.00. The molecule has 4 aliphatic rings. The highest BCUT2D eigenvalue weighted by Crippen LogP contribution is 2.60. The number of hydrogen-bond acceptors (Lipinski definition) is 2. The van der Waals surface area contributed by atoms with E-state index in [1.54, 1.807) is 7.11 Å². The standard InChI is InChI=1S/C21H25NO2/c1-24-19-7-3-2-5-18(19)6-4-8-22-20(23)21-12-15-9-16(13-21)11-17(10-15)14-21/h2-3,5,7,15-17H,8-14H2,1H3,(H,22,23). The van der Waals surface area contributed by atoms with Crippen molar-refractivity contribution in [2.45, 2.75) is 38.5 Å². The molecule has 0 unspecified atom stereocenters. The van der Waals surface area contributed by atoms with E-state index in [1.807, 2.05) is 24.3 Å². The van der Waals surface area contributed by atoms with Crippen molar-refractivity contribution in [3.8, 4) is 17.6 Å². The van der Waals surface area contributed by atoms with Crippen LogP contribution in [0.15, 0.2) is 24.3 Å². The Hall–Kier alpha value is -1.95. The molecular weight excluding hydrogens is 298 g/mol. The van der Waals surface area contributed by atoms with Crippen molar-refractivity contribution in [1.29, 1.82) is 0 Å². The molecule has 0 heterocycles. The molecule has 3 nitrogen and oxygen atoms in total. The van der Waals surface area contributed by atoms with Crippen LogP contribution in [-0.4, -0.2) is 19.6 Å². The third-order valence-electron chi connectivity index (χ3n) is 6.19. The van der Waals surface area contributed by atoms with Crippen LogP contribution in [0.2, 0.25) is 0 Å². The fourth-order valence-corrected chi connectivity index (χ4v) is 5.59. The lowest BCUT2D eigenvalue weighted by Gasteiger charge is -2.55. The fraction of sp³-hybridized carbons (Fsp3) is 0.571. The average molecular weight is 323 g/mol. The van der Waals surface area contributed by atoms with Gasteiger partial charge in [0.15, 0.2) is 0 Å². The van der Waals surface area contributed by atoms with E-state index in [4.69, 9.17) is 4.74 Å². The summed E-state index contributed by atoms with van der Waals surface area (Å²) in [5.41, 5.74) is 0.782. The zero-order valence-corrected chi connectivity index (χ0v) is 14.3. The lowest BCUT2D eigenvalue weighted by atomic mass is 9.49. The highest BCUT2D eigenvalue weighted by molar-refractivity contribution is 5.83. The predicted molar refractivity (Wildman–Crippen MR) is 93.5 cm³/mol. The number of amides is 1. The van der Waals surface area contributed by atoms with Gasteiger partial charge in [-0.15, -0.1) is 0 Å². The van der Waals surface area contributed by atoms with E-state index in [0.29, 0.717) is 6.54 Å². The monoisotopic (exact) mass is 323 g/mol. The third-order valence-corrected chi connectivity index (χ3v) is 6.19. The number of benzene rings is 1. The van der Waals surface area contributed by atoms with Crippen molar-refractivity contribution in [1.82, 2.24) is 5.32 Å². The molecular formula is C21H25NO2. The topological polar surface area (TPSA) is 38.3 Å². The van der Waals surface area contributed by atoms with Gasteiger partial charge < -0.3 is 10.1 Å². The van der Waals surface area contributed by atoms with Crippen LogP contribution in [0.5, 0.6) is 5.75 Å². The van der Waals surface area contributed by atoms with E-state index < -0.39 is 0 Å². The molecule has 4 bridgehead atoms. The predicted octanol–water partition coefficient (Wildman–Crippen LogP) is 3.38. The van der Waals surface area contributed by atoms with Crippen LogP contribution in [-0.2, 0) is 4.79 Å². The summed E-state index contributed by atoms with van der Waals surface area (Å²) in [4.78, 5) is 12.8. The molecule has 0 atom stereocenters. The Labute approximate surface area is 144 Å². The summed E-state index contributed by atoms with van der Waals surface area (Å²) in [5, 5.41) is 3.09. The molecule has 4 aliphatic carbocycles. The van der Waals surface area contributed by atoms with Gasteiger partial charge >= 0.3 is 0 Å². The van der Waals surface area contributed by atoms with Crippen LogP contribution in [0.25, 0.3) is 0 Å². The molecule has 1 aromatic rings. The van der Waals surface area contributed by atoms with Crippen LogP contribution in [0.4, 0.5) is 0 Å². The molecule has 3 heteroatoms. The maximum absolute atomic E-state index is 12.8. The smallest absolute Gasteiger partial charge is 0.226 e. The maximum Gasteiger partial charge on any atom is 0.226 e. The first-order chi connectivity index (χ1) is 11.7.